The Balaban J connectivity index is 1.47. The second-order valence-electron chi connectivity index (χ2n) is 12.3. The van der Waals surface area contributed by atoms with Crippen LogP contribution in [0.15, 0.2) is 199 Å². The molecule has 0 aliphatic rings. The minimum atomic E-state index is 0.423. The average Bonchev–Trinajstić information content (AvgIpc) is 3.17. The van der Waals surface area contributed by atoms with Crippen molar-refractivity contribution in [1.82, 2.24) is 5.32 Å². The largest absolute Gasteiger partial charge is 0.393 e. The maximum atomic E-state index is 6.93. The first-order chi connectivity index (χ1) is 25.0. The number of allylic oxidation sites excluding steroid dienone is 10. The molecule has 51 heavy (non-hydrogen) atoms. The highest BCUT2D eigenvalue weighted by Crippen LogP contribution is 2.35. The monoisotopic (exact) mass is 661 g/mol. The van der Waals surface area contributed by atoms with Crippen molar-refractivity contribution in [2.45, 2.75) is 13.3 Å². The normalized spacial score (nSPS) is 13.1. The molecule has 0 atom stereocenters. The van der Waals surface area contributed by atoms with Crippen LogP contribution < -0.4 is 11.1 Å². The molecule has 0 spiro atoms. The number of benzene rings is 6. The molecule has 0 aliphatic carbocycles. The minimum absolute atomic E-state index is 0.423. The van der Waals surface area contributed by atoms with Gasteiger partial charge in [0.25, 0.3) is 0 Å². The van der Waals surface area contributed by atoms with Gasteiger partial charge in [-0.15, -0.1) is 0 Å². The van der Waals surface area contributed by atoms with Gasteiger partial charge in [-0.1, -0.05) is 159 Å². The van der Waals surface area contributed by atoms with Gasteiger partial charge in [0, 0.05) is 24.4 Å². The molecule has 250 valence electrons. The van der Waals surface area contributed by atoms with Crippen molar-refractivity contribution in [3.63, 3.8) is 0 Å². The second-order valence-corrected chi connectivity index (χ2v) is 12.3. The summed E-state index contributed by atoms with van der Waals surface area (Å²) in [5, 5.41) is 10.4. The zero-order chi connectivity index (χ0) is 35.6. The van der Waals surface area contributed by atoms with Crippen molar-refractivity contribution in [2.24, 2.45) is 10.7 Å². The molecule has 0 fully saturated rings. The van der Waals surface area contributed by atoms with E-state index in [-0.39, 0.29) is 0 Å². The van der Waals surface area contributed by atoms with Crippen LogP contribution in [0.5, 0.6) is 0 Å². The summed E-state index contributed by atoms with van der Waals surface area (Å²) < 4.78 is 0. The molecule has 0 amide bonds. The van der Waals surface area contributed by atoms with Gasteiger partial charge in [0.2, 0.25) is 0 Å². The zero-order valence-electron chi connectivity index (χ0n) is 29.3. The van der Waals surface area contributed by atoms with Gasteiger partial charge in [-0.25, -0.2) is 4.99 Å². The Morgan fingerprint density at radius 2 is 1.33 bits per heavy atom. The molecule has 0 heterocycles. The third kappa shape index (κ3) is 7.90. The molecule has 3 N–H and O–H groups in total. The fourth-order valence-corrected chi connectivity index (χ4v) is 6.44. The summed E-state index contributed by atoms with van der Waals surface area (Å²) in [5.41, 5.74) is 14.5. The maximum absolute atomic E-state index is 6.93. The number of fused-ring (bicyclic) bond motifs is 6. The lowest BCUT2D eigenvalue weighted by Crippen LogP contribution is -2.13. The molecule has 3 heteroatoms. The standard InChI is InChI=1S/C48H43N3/c1-5-16-36(21-14-20-35-18-8-7-9-19-35)34(3)30-47(38-23-15-22-37(31-38)40(17-6-2)33-50-4)51-48(49)39-28-29-45-43-26-11-10-24-41(43)42-25-12-13-27-44(42)46(45)32-39/h5-19,21-33,50H,1,3,20H2,2,4H3,(H2,49,51)/b17-6-,21-14-,36-16+,40-33+,47-30-. The molecule has 3 nitrogen and oxygen atoms in total. The third-order valence-corrected chi connectivity index (χ3v) is 8.89. The summed E-state index contributed by atoms with van der Waals surface area (Å²) in [7, 11) is 1.90. The fourth-order valence-electron chi connectivity index (χ4n) is 6.44. The number of hydrogen-bond donors (Lipinski definition) is 2. The highest BCUT2D eigenvalue weighted by Gasteiger charge is 2.12. The molecule has 0 saturated carbocycles. The number of rotatable bonds is 12. The molecule has 0 unspecified atom stereocenters. The van der Waals surface area contributed by atoms with E-state index in [1.54, 1.807) is 6.08 Å². The van der Waals surface area contributed by atoms with Crippen molar-refractivity contribution in [2.75, 3.05) is 7.05 Å². The van der Waals surface area contributed by atoms with Crippen LogP contribution in [0, 0.1) is 0 Å². The van der Waals surface area contributed by atoms with Crippen LogP contribution in [0.25, 0.3) is 43.6 Å². The van der Waals surface area contributed by atoms with Gasteiger partial charge in [0.05, 0.1) is 5.70 Å². The first-order valence-corrected chi connectivity index (χ1v) is 17.2. The Kier molecular flexibility index (Phi) is 11.0. The molecule has 0 bridgehead atoms. The maximum Gasteiger partial charge on any atom is 0.131 e. The molecule has 6 rings (SSSR count). The van der Waals surface area contributed by atoms with Gasteiger partial charge in [0.1, 0.15) is 5.84 Å². The molecule has 6 aromatic rings. The van der Waals surface area contributed by atoms with Gasteiger partial charge < -0.3 is 11.1 Å². The molecule has 0 radical (unpaired) electrons. The van der Waals surface area contributed by atoms with E-state index in [1.807, 2.05) is 50.5 Å². The lowest BCUT2D eigenvalue weighted by molar-refractivity contribution is 1.11. The van der Waals surface area contributed by atoms with Crippen LogP contribution in [0.1, 0.15) is 29.2 Å². The molecule has 0 saturated heterocycles. The highest BCUT2D eigenvalue weighted by atomic mass is 14.9. The van der Waals surface area contributed by atoms with Gasteiger partial charge in [-0.3, -0.25) is 0 Å². The van der Waals surface area contributed by atoms with Gasteiger partial charge in [-0.2, -0.15) is 0 Å². The van der Waals surface area contributed by atoms with E-state index >= 15 is 0 Å². The van der Waals surface area contributed by atoms with E-state index in [9.17, 15) is 0 Å². The smallest absolute Gasteiger partial charge is 0.131 e. The SMILES string of the molecule is C=C/C=C(\C=C/Cc1ccccc1)C(=C)/C=C(\N=C(/N)c1ccc2c3ccccc3c3ccccc3c2c1)c1cccc(C(/C=C\C)=C/NC)c1. The third-order valence-electron chi connectivity index (χ3n) is 8.89. The lowest BCUT2D eigenvalue weighted by atomic mass is 9.93. The van der Waals surface area contributed by atoms with E-state index in [2.05, 4.69) is 146 Å². The summed E-state index contributed by atoms with van der Waals surface area (Å²) in [6, 6.07) is 42.3. The minimum Gasteiger partial charge on any atom is -0.393 e. The number of hydrogen-bond acceptors (Lipinski definition) is 2. The Morgan fingerprint density at radius 1 is 0.706 bits per heavy atom. The molecular formula is C48H43N3. The second kappa shape index (κ2) is 16.3. The van der Waals surface area contributed by atoms with Crippen LogP contribution in [-0.4, -0.2) is 12.9 Å². The number of amidine groups is 1. The van der Waals surface area contributed by atoms with E-state index < -0.39 is 0 Å². The average molecular weight is 662 g/mol. The Labute approximate surface area is 301 Å². The number of nitrogens with two attached hydrogens (primary N) is 1. The van der Waals surface area contributed by atoms with Gasteiger partial charge in [-0.05, 0) is 91.7 Å². The molecule has 0 aromatic heterocycles. The summed E-state index contributed by atoms with van der Waals surface area (Å²) >= 11 is 0. The number of nitrogens with zero attached hydrogens (tertiary/aromatic N) is 1. The van der Waals surface area contributed by atoms with E-state index in [1.165, 1.54) is 32.5 Å². The Bertz CT molecular complexity index is 2380. The van der Waals surface area contributed by atoms with Crippen LogP contribution >= 0.6 is 0 Å². The van der Waals surface area contributed by atoms with E-state index in [0.29, 0.717) is 11.5 Å². The molecular weight excluding hydrogens is 619 g/mol. The van der Waals surface area contributed by atoms with Crippen LogP contribution in [-0.2, 0) is 6.42 Å². The quantitative estimate of drug-likeness (QED) is 0.0593. The first kappa shape index (κ1) is 34.4. The van der Waals surface area contributed by atoms with Crippen LogP contribution in [0.2, 0.25) is 0 Å². The fraction of sp³-hybridized carbons (Fsp3) is 0.0625. The number of aliphatic imine (C=N–C) groups is 1. The number of nitrogens with one attached hydrogen (secondary N) is 1. The topological polar surface area (TPSA) is 50.4 Å². The summed E-state index contributed by atoms with van der Waals surface area (Å²) in [4.78, 5) is 5.13. The summed E-state index contributed by atoms with van der Waals surface area (Å²) in [5.74, 6) is 0.423. The van der Waals surface area contributed by atoms with Gasteiger partial charge in [0.15, 0.2) is 0 Å². The predicted octanol–water partition coefficient (Wildman–Crippen LogP) is 11.5. The van der Waals surface area contributed by atoms with E-state index in [0.717, 1.165) is 45.2 Å². The first-order valence-electron chi connectivity index (χ1n) is 17.2. The van der Waals surface area contributed by atoms with Crippen LogP contribution in [0.3, 0.4) is 0 Å². The van der Waals surface area contributed by atoms with Crippen molar-refractivity contribution >= 4 is 49.4 Å². The highest BCUT2D eigenvalue weighted by molar-refractivity contribution is 6.26. The van der Waals surface area contributed by atoms with Gasteiger partial charge >= 0.3 is 0 Å². The van der Waals surface area contributed by atoms with Crippen molar-refractivity contribution in [1.29, 1.82) is 0 Å². The van der Waals surface area contributed by atoms with Crippen LogP contribution in [0.4, 0.5) is 0 Å². The summed E-state index contributed by atoms with van der Waals surface area (Å²) in [6.07, 6.45) is 16.9. The van der Waals surface area contributed by atoms with Crippen molar-refractivity contribution in [3.8, 4) is 0 Å². The Morgan fingerprint density at radius 3 is 1.98 bits per heavy atom. The lowest BCUT2D eigenvalue weighted by Gasteiger charge is -2.13. The Hall–Kier alpha value is -6.45. The zero-order valence-corrected chi connectivity index (χ0v) is 29.3. The van der Waals surface area contributed by atoms with E-state index in [4.69, 9.17) is 10.7 Å². The van der Waals surface area contributed by atoms with Crippen molar-refractivity contribution in [3.05, 3.63) is 217 Å². The predicted molar refractivity (Wildman–Crippen MR) is 223 cm³/mol. The molecule has 6 aromatic carbocycles. The van der Waals surface area contributed by atoms with Crippen molar-refractivity contribution < 1.29 is 0 Å². The molecule has 0 aliphatic heterocycles. The summed E-state index contributed by atoms with van der Waals surface area (Å²) in [6.45, 7) is 10.5.